The van der Waals surface area contributed by atoms with Gasteiger partial charge < -0.3 is 25.8 Å². The van der Waals surface area contributed by atoms with Gasteiger partial charge in [-0.15, -0.1) is 0 Å². The molecule has 0 saturated carbocycles. The summed E-state index contributed by atoms with van der Waals surface area (Å²) in [6, 6.07) is 3.81. The molecule has 1 aromatic heterocycles. The van der Waals surface area contributed by atoms with Gasteiger partial charge in [0.2, 0.25) is 5.91 Å². The van der Waals surface area contributed by atoms with Crippen LogP contribution in [0.3, 0.4) is 0 Å². The number of nitrogens with two attached hydrogens (primary N) is 1. The van der Waals surface area contributed by atoms with Gasteiger partial charge in [0.1, 0.15) is 17.7 Å². The summed E-state index contributed by atoms with van der Waals surface area (Å²) in [7, 11) is 3.53. The molecule has 0 unspecified atom stereocenters. The molecule has 0 bridgehead atoms. The average Bonchev–Trinajstić information content (AvgIpc) is 2.97. The quantitative estimate of drug-likeness (QED) is 0.641. The number of carbonyl (C=O) groups excluding carboxylic acids is 2. The molecule has 2 aromatic rings. The topological polar surface area (TPSA) is 105 Å². The van der Waals surface area contributed by atoms with Crippen molar-refractivity contribution in [1.82, 2.24) is 25.1 Å². The van der Waals surface area contributed by atoms with Gasteiger partial charge >= 0.3 is 0 Å². The molecular weight excluding hydrogens is 423 g/mol. The van der Waals surface area contributed by atoms with E-state index in [0.29, 0.717) is 24.5 Å². The number of benzene rings is 1. The number of rotatable bonds is 5. The SMILES string of the molecule is C=C(N)c1cc(-c2nc(C(=O)N[C@H](C(=O)NC)C(C)(C)C)c3n2CCCN(C)C3)ccc1F. The van der Waals surface area contributed by atoms with Crippen molar-refractivity contribution >= 4 is 17.5 Å². The van der Waals surface area contributed by atoms with E-state index < -0.39 is 23.2 Å². The first-order valence-electron chi connectivity index (χ1n) is 11.0. The summed E-state index contributed by atoms with van der Waals surface area (Å²) >= 11 is 0. The summed E-state index contributed by atoms with van der Waals surface area (Å²) in [5.74, 6) is -0.608. The fraction of sp³-hybridized carbons (Fsp3) is 0.458. The van der Waals surface area contributed by atoms with E-state index in [0.717, 1.165) is 18.7 Å². The Kier molecular flexibility index (Phi) is 6.92. The highest BCUT2D eigenvalue weighted by atomic mass is 19.1. The minimum absolute atomic E-state index is 0.119. The van der Waals surface area contributed by atoms with Crippen LogP contribution in [-0.2, 0) is 17.9 Å². The lowest BCUT2D eigenvalue weighted by Gasteiger charge is -2.29. The second-order valence-electron chi connectivity index (χ2n) is 9.58. The molecule has 1 aromatic carbocycles. The van der Waals surface area contributed by atoms with E-state index >= 15 is 0 Å². The van der Waals surface area contributed by atoms with Gasteiger partial charge in [0.25, 0.3) is 5.91 Å². The lowest BCUT2D eigenvalue weighted by atomic mass is 9.86. The molecule has 8 nitrogen and oxygen atoms in total. The normalized spacial score (nSPS) is 15.3. The fourth-order valence-electron chi connectivity index (χ4n) is 4.05. The van der Waals surface area contributed by atoms with Gasteiger partial charge in [-0.25, -0.2) is 9.37 Å². The molecule has 33 heavy (non-hydrogen) atoms. The molecule has 0 saturated heterocycles. The third kappa shape index (κ3) is 5.08. The molecule has 2 heterocycles. The maximum absolute atomic E-state index is 14.2. The van der Waals surface area contributed by atoms with Crippen molar-refractivity contribution in [3.63, 3.8) is 0 Å². The van der Waals surface area contributed by atoms with Gasteiger partial charge in [0.05, 0.1) is 5.69 Å². The smallest absolute Gasteiger partial charge is 0.272 e. The van der Waals surface area contributed by atoms with Crippen LogP contribution in [0.1, 0.15) is 48.9 Å². The van der Waals surface area contributed by atoms with Crippen molar-refractivity contribution in [2.24, 2.45) is 11.1 Å². The molecular formula is C24H33FN6O2. The molecule has 2 amide bonds. The highest BCUT2D eigenvalue weighted by Gasteiger charge is 2.34. The van der Waals surface area contributed by atoms with E-state index in [9.17, 15) is 14.0 Å². The van der Waals surface area contributed by atoms with E-state index in [1.54, 1.807) is 19.2 Å². The van der Waals surface area contributed by atoms with Crippen molar-refractivity contribution in [2.75, 3.05) is 20.6 Å². The van der Waals surface area contributed by atoms with Crippen molar-refractivity contribution in [2.45, 2.75) is 46.3 Å². The maximum Gasteiger partial charge on any atom is 0.272 e. The van der Waals surface area contributed by atoms with Crippen LogP contribution in [0.4, 0.5) is 4.39 Å². The summed E-state index contributed by atoms with van der Waals surface area (Å²) in [4.78, 5) is 32.7. The Bertz CT molecular complexity index is 1090. The number of nitrogens with zero attached hydrogens (tertiary/aromatic N) is 3. The van der Waals surface area contributed by atoms with Crippen LogP contribution in [0.5, 0.6) is 0 Å². The molecule has 3 rings (SSSR count). The van der Waals surface area contributed by atoms with Crippen molar-refractivity contribution in [1.29, 1.82) is 0 Å². The Hall–Kier alpha value is -3.20. The van der Waals surface area contributed by atoms with Gasteiger partial charge in [0, 0.05) is 37.0 Å². The first-order chi connectivity index (χ1) is 15.4. The number of imidazole rings is 1. The van der Waals surface area contributed by atoms with Crippen LogP contribution in [0, 0.1) is 11.2 Å². The standard InChI is InChI=1S/C24H33FN6O2/c1-14(26)16-12-15(8-9-17(16)25)21-28-19(18-13-30(6)10-7-11-31(18)21)22(32)29-20(23(33)27-5)24(2,3)4/h8-9,12,20H,1,7,10-11,13,26H2,2-6H3,(H,27,33)(H,29,32)/t20-/m1/s1. The molecule has 9 heteroatoms. The van der Waals surface area contributed by atoms with Crippen LogP contribution >= 0.6 is 0 Å². The van der Waals surface area contributed by atoms with E-state index in [1.165, 1.54) is 6.07 Å². The third-order valence-electron chi connectivity index (χ3n) is 5.85. The zero-order valence-corrected chi connectivity index (χ0v) is 20.0. The minimum Gasteiger partial charge on any atom is -0.399 e. The first-order valence-corrected chi connectivity index (χ1v) is 11.0. The zero-order valence-electron chi connectivity index (χ0n) is 20.0. The molecule has 0 spiro atoms. The minimum atomic E-state index is -0.739. The van der Waals surface area contributed by atoms with Crippen molar-refractivity contribution in [3.05, 3.63) is 47.5 Å². The first kappa shape index (κ1) is 24.4. The summed E-state index contributed by atoms with van der Waals surface area (Å²) in [5, 5.41) is 5.49. The summed E-state index contributed by atoms with van der Waals surface area (Å²) in [5.41, 5.74) is 7.24. The van der Waals surface area contributed by atoms with Gasteiger partial charge in [-0.2, -0.15) is 0 Å². The van der Waals surface area contributed by atoms with Crippen LogP contribution in [0.25, 0.3) is 17.1 Å². The number of aromatic nitrogens is 2. The van der Waals surface area contributed by atoms with Crippen LogP contribution in [-0.4, -0.2) is 52.9 Å². The Balaban J connectivity index is 2.11. The monoisotopic (exact) mass is 456 g/mol. The predicted octanol–water partition coefficient (Wildman–Crippen LogP) is 2.34. The molecule has 178 valence electrons. The third-order valence-corrected chi connectivity index (χ3v) is 5.85. The molecule has 0 radical (unpaired) electrons. The maximum atomic E-state index is 14.2. The lowest BCUT2D eigenvalue weighted by Crippen LogP contribution is -2.53. The highest BCUT2D eigenvalue weighted by molar-refractivity contribution is 5.98. The molecule has 0 aliphatic carbocycles. The van der Waals surface area contributed by atoms with E-state index in [2.05, 4.69) is 27.1 Å². The predicted molar refractivity (Wildman–Crippen MR) is 127 cm³/mol. The van der Waals surface area contributed by atoms with Gasteiger partial charge in [-0.05, 0) is 43.6 Å². The number of nitrogens with one attached hydrogen (secondary N) is 2. The molecule has 1 aliphatic rings. The number of amides is 2. The van der Waals surface area contributed by atoms with E-state index in [4.69, 9.17) is 5.73 Å². The molecule has 4 N–H and O–H groups in total. The average molecular weight is 457 g/mol. The lowest BCUT2D eigenvalue weighted by molar-refractivity contribution is -0.124. The van der Waals surface area contributed by atoms with Crippen molar-refractivity contribution < 1.29 is 14.0 Å². The molecule has 1 atom stereocenters. The second kappa shape index (κ2) is 9.35. The largest absolute Gasteiger partial charge is 0.399 e. The number of hydrogen-bond acceptors (Lipinski definition) is 5. The van der Waals surface area contributed by atoms with Crippen molar-refractivity contribution in [3.8, 4) is 11.4 Å². The van der Waals surface area contributed by atoms with Crippen LogP contribution in [0.2, 0.25) is 0 Å². The summed E-state index contributed by atoms with van der Waals surface area (Å²) in [6.07, 6.45) is 0.869. The van der Waals surface area contributed by atoms with E-state index in [-0.39, 0.29) is 22.9 Å². The Labute approximate surface area is 194 Å². The van der Waals surface area contributed by atoms with Crippen LogP contribution in [0.15, 0.2) is 24.8 Å². The number of likely N-dealkylation sites (N-methyl/N-ethyl adjacent to an activating group) is 1. The second-order valence-corrected chi connectivity index (χ2v) is 9.58. The Morgan fingerprint density at radius 2 is 1.97 bits per heavy atom. The van der Waals surface area contributed by atoms with Gasteiger partial charge in [0.15, 0.2) is 5.69 Å². The molecule has 0 fully saturated rings. The van der Waals surface area contributed by atoms with Gasteiger partial charge in [-0.3, -0.25) is 9.59 Å². The number of fused-ring (bicyclic) bond motifs is 1. The van der Waals surface area contributed by atoms with Gasteiger partial charge in [-0.1, -0.05) is 27.4 Å². The molecule has 1 aliphatic heterocycles. The summed E-state index contributed by atoms with van der Waals surface area (Å²) in [6.45, 7) is 11.4. The fourth-order valence-corrected chi connectivity index (χ4v) is 4.05. The van der Waals surface area contributed by atoms with Crippen LogP contribution < -0.4 is 16.4 Å². The number of halogens is 1. The highest BCUT2D eigenvalue weighted by Crippen LogP contribution is 2.29. The Morgan fingerprint density at radius 3 is 2.58 bits per heavy atom. The Morgan fingerprint density at radius 1 is 1.27 bits per heavy atom. The van der Waals surface area contributed by atoms with E-state index in [1.807, 2.05) is 32.4 Å². The summed E-state index contributed by atoms with van der Waals surface area (Å²) < 4.78 is 16.2. The number of hydrogen-bond donors (Lipinski definition) is 3. The number of carbonyl (C=O) groups is 2. The zero-order chi connectivity index (χ0) is 24.5.